The van der Waals surface area contributed by atoms with Gasteiger partial charge in [0.1, 0.15) is 24.2 Å². The lowest BCUT2D eigenvalue weighted by molar-refractivity contribution is -0.150. The SMILES string of the molecule is CCC1C(=O)NC(CC(C)C)C(=O)N1Cc1ncnn1C. The van der Waals surface area contributed by atoms with Crippen LogP contribution in [0.5, 0.6) is 0 Å². The molecule has 0 aliphatic carbocycles. The zero-order valence-electron chi connectivity index (χ0n) is 13.0. The summed E-state index contributed by atoms with van der Waals surface area (Å²) in [6.07, 6.45) is 2.69. The van der Waals surface area contributed by atoms with Crippen LogP contribution in [0, 0.1) is 5.92 Å². The molecule has 2 amide bonds. The second kappa shape index (κ2) is 6.24. The van der Waals surface area contributed by atoms with E-state index in [1.54, 1.807) is 16.6 Å². The van der Waals surface area contributed by atoms with Gasteiger partial charge in [0.15, 0.2) is 0 Å². The molecule has 0 bridgehead atoms. The number of carbonyl (C=O) groups is 2. The van der Waals surface area contributed by atoms with E-state index in [0.29, 0.717) is 31.1 Å². The Morgan fingerprint density at radius 3 is 2.62 bits per heavy atom. The number of aryl methyl sites for hydroxylation is 1. The van der Waals surface area contributed by atoms with Crippen molar-refractivity contribution in [2.24, 2.45) is 13.0 Å². The Bertz CT molecular complexity index is 525. The second-order valence-electron chi connectivity index (χ2n) is 5.88. The minimum Gasteiger partial charge on any atom is -0.342 e. The van der Waals surface area contributed by atoms with Crippen LogP contribution < -0.4 is 5.32 Å². The van der Waals surface area contributed by atoms with E-state index in [-0.39, 0.29) is 11.8 Å². The Kier molecular flexibility index (Phi) is 4.59. The van der Waals surface area contributed by atoms with Crippen molar-refractivity contribution in [3.8, 4) is 0 Å². The Balaban J connectivity index is 2.22. The van der Waals surface area contributed by atoms with Crippen LogP contribution in [0.4, 0.5) is 0 Å². The fourth-order valence-corrected chi connectivity index (χ4v) is 2.67. The third kappa shape index (κ3) is 3.22. The molecule has 0 spiro atoms. The predicted octanol–water partition coefficient (Wildman–Crippen LogP) is 0.467. The molecule has 2 unspecified atom stereocenters. The highest BCUT2D eigenvalue weighted by atomic mass is 16.2. The third-order valence-corrected chi connectivity index (χ3v) is 3.79. The molecule has 1 aromatic heterocycles. The largest absolute Gasteiger partial charge is 0.342 e. The van der Waals surface area contributed by atoms with Gasteiger partial charge in [-0.25, -0.2) is 4.98 Å². The number of amides is 2. The molecule has 7 nitrogen and oxygen atoms in total. The van der Waals surface area contributed by atoms with Crippen molar-refractivity contribution < 1.29 is 9.59 Å². The van der Waals surface area contributed by atoms with Gasteiger partial charge in [-0.2, -0.15) is 5.10 Å². The third-order valence-electron chi connectivity index (χ3n) is 3.79. The van der Waals surface area contributed by atoms with E-state index in [4.69, 9.17) is 0 Å². The van der Waals surface area contributed by atoms with Crippen LogP contribution in [0.15, 0.2) is 6.33 Å². The summed E-state index contributed by atoms with van der Waals surface area (Å²) in [6, 6.07) is -0.869. The van der Waals surface area contributed by atoms with E-state index in [1.165, 1.54) is 6.33 Å². The van der Waals surface area contributed by atoms with E-state index >= 15 is 0 Å². The molecule has 2 rings (SSSR count). The summed E-state index contributed by atoms with van der Waals surface area (Å²) in [5, 5.41) is 6.86. The Morgan fingerprint density at radius 2 is 2.10 bits per heavy atom. The molecule has 7 heteroatoms. The topological polar surface area (TPSA) is 80.1 Å². The molecule has 1 N–H and O–H groups in total. The molecule has 1 aliphatic rings. The fourth-order valence-electron chi connectivity index (χ4n) is 2.67. The Morgan fingerprint density at radius 1 is 1.38 bits per heavy atom. The predicted molar refractivity (Wildman–Crippen MR) is 77.0 cm³/mol. The maximum absolute atomic E-state index is 12.7. The molecule has 0 aromatic carbocycles. The molecule has 1 aliphatic heterocycles. The van der Waals surface area contributed by atoms with E-state index in [1.807, 2.05) is 20.8 Å². The summed E-state index contributed by atoms with van der Waals surface area (Å²) in [5.74, 6) is 0.914. The van der Waals surface area contributed by atoms with Gasteiger partial charge in [0.2, 0.25) is 11.8 Å². The van der Waals surface area contributed by atoms with Crippen LogP contribution in [-0.4, -0.2) is 43.6 Å². The van der Waals surface area contributed by atoms with Crippen molar-refractivity contribution >= 4 is 11.8 Å². The van der Waals surface area contributed by atoms with Gasteiger partial charge in [-0.15, -0.1) is 0 Å². The van der Waals surface area contributed by atoms with Crippen molar-refractivity contribution in [3.05, 3.63) is 12.2 Å². The van der Waals surface area contributed by atoms with Gasteiger partial charge in [0.05, 0.1) is 6.54 Å². The van der Waals surface area contributed by atoms with Crippen LogP contribution in [0.25, 0.3) is 0 Å². The molecule has 21 heavy (non-hydrogen) atoms. The maximum Gasteiger partial charge on any atom is 0.246 e. The molecule has 0 saturated carbocycles. The average molecular weight is 293 g/mol. The van der Waals surface area contributed by atoms with Gasteiger partial charge in [-0.3, -0.25) is 14.3 Å². The lowest BCUT2D eigenvalue weighted by Gasteiger charge is -2.38. The first-order chi connectivity index (χ1) is 9.93. The summed E-state index contributed by atoms with van der Waals surface area (Å²) < 4.78 is 1.63. The summed E-state index contributed by atoms with van der Waals surface area (Å²) in [5.41, 5.74) is 0. The molecule has 116 valence electrons. The summed E-state index contributed by atoms with van der Waals surface area (Å²) in [6.45, 7) is 6.30. The zero-order chi connectivity index (χ0) is 15.6. The van der Waals surface area contributed by atoms with E-state index in [9.17, 15) is 9.59 Å². The van der Waals surface area contributed by atoms with Gasteiger partial charge in [0.25, 0.3) is 0 Å². The van der Waals surface area contributed by atoms with Gasteiger partial charge in [-0.05, 0) is 18.8 Å². The minimum absolute atomic E-state index is 0.0295. The number of nitrogens with zero attached hydrogens (tertiary/aromatic N) is 4. The average Bonchev–Trinajstić information content (AvgIpc) is 2.80. The Labute approximate surface area is 124 Å². The van der Waals surface area contributed by atoms with Crippen LogP contribution in [0.2, 0.25) is 0 Å². The minimum atomic E-state index is -0.437. The molecular weight excluding hydrogens is 270 g/mol. The summed E-state index contributed by atoms with van der Waals surface area (Å²) in [4.78, 5) is 30.7. The number of nitrogens with one attached hydrogen (secondary N) is 1. The van der Waals surface area contributed by atoms with E-state index in [0.717, 1.165) is 0 Å². The summed E-state index contributed by atoms with van der Waals surface area (Å²) >= 11 is 0. The van der Waals surface area contributed by atoms with E-state index in [2.05, 4.69) is 15.4 Å². The number of piperazine rings is 1. The second-order valence-corrected chi connectivity index (χ2v) is 5.88. The van der Waals surface area contributed by atoms with Crippen LogP contribution in [-0.2, 0) is 23.2 Å². The van der Waals surface area contributed by atoms with Crippen LogP contribution in [0.3, 0.4) is 0 Å². The zero-order valence-corrected chi connectivity index (χ0v) is 13.0. The Hall–Kier alpha value is -1.92. The monoisotopic (exact) mass is 293 g/mol. The lowest BCUT2D eigenvalue weighted by atomic mass is 9.97. The van der Waals surface area contributed by atoms with Crippen molar-refractivity contribution in [3.63, 3.8) is 0 Å². The molecule has 2 heterocycles. The van der Waals surface area contributed by atoms with Gasteiger partial charge >= 0.3 is 0 Å². The van der Waals surface area contributed by atoms with Crippen LogP contribution >= 0.6 is 0 Å². The number of hydrogen-bond donors (Lipinski definition) is 1. The number of aromatic nitrogens is 3. The molecule has 1 saturated heterocycles. The first-order valence-electron chi connectivity index (χ1n) is 7.37. The molecule has 2 atom stereocenters. The maximum atomic E-state index is 12.7. The molecule has 1 fully saturated rings. The van der Waals surface area contributed by atoms with Crippen molar-refractivity contribution in [1.29, 1.82) is 0 Å². The number of hydrogen-bond acceptors (Lipinski definition) is 4. The summed E-state index contributed by atoms with van der Waals surface area (Å²) in [7, 11) is 1.78. The highest BCUT2D eigenvalue weighted by molar-refractivity contribution is 5.96. The number of rotatable bonds is 5. The fraction of sp³-hybridized carbons (Fsp3) is 0.714. The lowest BCUT2D eigenvalue weighted by Crippen LogP contribution is -2.63. The first kappa shape index (κ1) is 15.5. The van der Waals surface area contributed by atoms with Gasteiger partial charge in [0, 0.05) is 7.05 Å². The van der Waals surface area contributed by atoms with Crippen molar-refractivity contribution in [2.75, 3.05) is 0 Å². The van der Waals surface area contributed by atoms with Crippen LogP contribution in [0.1, 0.15) is 39.4 Å². The quantitative estimate of drug-likeness (QED) is 0.855. The van der Waals surface area contributed by atoms with Gasteiger partial charge in [-0.1, -0.05) is 20.8 Å². The molecule has 1 aromatic rings. The highest BCUT2D eigenvalue weighted by Gasteiger charge is 2.40. The standard InChI is InChI=1S/C14H23N5O2/c1-5-11-13(20)17-10(6-9(2)3)14(21)19(11)7-12-15-8-16-18(12)4/h8-11H,5-7H2,1-4H3,(H,17,20). The van der Waals surface area contributed by atoms with E-state index < -0.39 is 12.1 Å². The molecular formula is C14H23N5O2. The van der Waals surface area contributed by atoms with Crippen molar-refractivity contribution in [2.45, 2.75) is 52.2 Å². The first-order valence-corrected chi connectivity index (χ1v) is 7.37. The normalized spacial score (nSPS) is 22.8. The number of carbonyl (C=O) groups excluding carboxylic acids is 2. The highest BCUT2D eigenvalue weighted by Crippen LogP contribution is 2.19. The van der Waals surface area contributed by atoms with Crippen molar-refractivity contribution in [1.82, 2.24) is 25.0 Å². The smallest absolute Gasteiger partial charge is 0.246 e. The molecule has 0 radical (unpaired) electrons. The van der Waals surface area contributed by atoms with Gasteiger partial charge < -0.3 is 10.2 Å².